The molecule has 212 valence electrons. The zero-order chi connectivity index (χ0) is 28.7. The van der Waals surface area contributed by atoms with Gasteiger partial charge < -0.3 is 25.8 Å². The van der Waals surface area contributed by atoms with Crippen molar-refractivity contribution in [2.45, 2.75) is 30.2 Å². The largest absolute Gasteiger partial charge is 0.492 e. The lowest BCUT2D eigenvalue weighted by Gasteiger charge is -2.17. The predicted molar refractivity (Wildman–Crippen MR) is 158 cm³/mol. The van der Waals surface area contributed by atoms with Crippen LogP contribution in [0.1, 0.15) is 28.1 Å². The number of esters is 1. The van der Waals surface area contributed by atoms with E-state index in [0.717, 1.165) is 22.6 Å². The number of nitrogens with one attached hydrogen (secondary N) is 3. The zero-order valence-corrected chi connectivity index (χ0v) is 24.7. The number of hydrogen-bond acceptors (Lipinski definition) is 8. The first-order valence-electron chi connectivity index (χ1n) is 12.2. The van der Waals surface area contributed by atoms with Crippen molar-refractivity contribution in [1.82, 2.24) is 5.32 Å². The number of nitrogens with zero attached hydrogens (tertiary/aromatic N) is 1. The number of para-hydroxylation sites is 1. The number of amides is 1. The van der Waals surface area contributed by atoms with E-state index in [1.807, 2.05) is 36.4 Å². The van der Waals surface area contributed by atoms with Crippen molar-refractivity contribution in [3.8, 4) is 5.75 Å². The minimum atomic E-state index is -4.09. The molecular weight excluding hydrogens is 622 g/mol. The molecular formula is C26H28BrN5O6S2. The maximum atomic E-state index is 13.3. The number of benzene rings is 2. The first kappa shape index (κ1) is 29.4. The molecule has 3 aromatic rings. The fraction of sp³-hybridized carbons (Fsp3) is 0.269. The van der Waals surface area contributed by atoms with E-state index in [2.05, 4.69) is 36.3 Å². The number of halogens is 1. The number of guanidine groups is 1. The molecule has 2 aromatic carbocycles. The molecule has 0 bridgehead atoms. The maximum absolute atomic E-state index is 13.3. The Hall–Kier alpha value is -3.62. The van der Waals surface area contributed by atoms with Gasteiger partial charge in [-0.3, -0.25) is 14.5 Å². The second-order valence-electron chi connectivity index (χ2n) is 8.71. The van der Waals surface area contributed by atoms with Gasteiger partial charge in [-0.15, -0.1) is 11.3 Å². The Morgan fingerprint density at radius 2 is 2.00 bits per heavy atom. The van der Waals surface area contributed by atoms with Crippen LogP contribution in [0.4, 0.5) is 11.4 Å². The van der Waals surface area contributed by atoms with Crippen molar-refractivity contribution in [3.63, 3.8) is 0 Å². The van der Waals surface area contributed by atoms with Crippen molar-refractivity contribution in [3.05, 3.63) is 68.8 Å². The van der Waals surface area contributed by atoms with Crippen LogP contribution in [0.15, 0.2) is 68.3 Å². The number of aliphatic imine (C=N–C) groups is 1. The van der Waals surface area contributed by atoms with Gasteiger partial charge in [0.2, 0.25) is 0 Å². The Morgan fingerprint density at radius 1 is 1.23 bits per heavy atom. The van der Waals surface area contributed by atoms with Crippen molar-refractivity contribution in [2.75, 3.05) is 30.3 Å². The van der Waals surface area contributed by atoms with E-state index in [1.165, 1.54) is 19.2 Å². The third-order valence-electron chi connectivity index (χ3n) is 5.89. The second kappa shape index (κ2) is 13.2. The number of hydrogen-bond donors (Lipinski definition) is 4. The lowest BCUT2D eigenvalue weighted by atomic mass is 10.1. The number of anilines is 2. The molecule has 0 radical (unpaired) electrons. The second-order valence-corrected chi connectivity index (χ2v) is 12.2. The molecule has 1 aromatic heterocycles. The molecule has 0 spiro atoms. The lowest BCUT2D eigenvalue weighted by molar-refractivity contribution is -0.143. The van der Waals surface area contributed by atoms with Gasteiger partial charge in [-0.25, -0.2) is 13.2 Å². The van der Waals surface area contributed by atoms with Crippen molar-refractivity contribution in [2.24, 2.45) is 10.7 Å². The summed E-state index contributed by atoms with van der Waals surface area (Å²) in [6, 6.07) is 13.1. The average Bonchev–Trinajstić information content (AvgIpc) is 3.59. The summed E-state index contributed by atoms with van der Waals surface area (Å²) in [5.41, 5.74) is 7.57. The third kappa shape index (κ3) is 7.31. The summed E-state index contributed by atoms with van der Waals surface area (Å²) in [4.78, 5) is 29.8. The zero-order valence-electron chi connectivity index (χ0n) is 21.5. The number of rotatable bonds is 11. The van der Waals surface area contributed by atoms with E-state index < -0.39 is 27.9 Å². The summed E-state index contributed by atoms with van der Waals surface area (Å²) in [5.74, 6) is -0.729. The molecule has 14 heteroatoms. The Kier molecular flexibility index (Phi) is 9.66. The van der Waals surface area contributed by atoms with E-state index in [4.69, 9.17) is 15.2 Å². The number of carbonyl (C=O) groups is 2. The van der Waals surface area contributed by atoms with E-state index in [-0.39, 0.29) is 27.8 Å². The van der Waals surface area contributed by atoms with Crippen LogP contribution in [-0.4, -0.2) is 52.6 Å². The Balaban J connectivity index is 1.40. The number of carbonyl (C=O) groups excluding carboxylic acids is 2. The van der Waals surface area contributed by atoms with Gasteiger partial charge in [0.05, 0.1) is 19.4 Å². The summed E-state index contributed by atoms with van der Waals surface area (Å²) < 4.78 is 40.0. The highest BCUT2D eigenvalue weighted by molar-refractivity contribution is 9.10. The molecule has 2 heterocycles. The van der Waals surface area contributed by atoms with Crippen LogP contribution in [0.3, 0.4) is 0 Å². The van der Waals surface area contributed by atoms with Gasteiger partial charge in [-0.05, 0) is 48.6 Å². The molecule has 1 aliphatic rings. The smallest absolute Gasteiger partial charge is 0.328 e. The van der Waals surface area contributed by atoms with Gasteiger partial charge in [-0.2, -0.15) is 0 Å². The van der Waals surface area contributed by atoms with Crippen molar-refractivity contribution >= 4 is 66.5 Å². The Bertz CT molecular complexity index is 1510. The van der Waals surface area contributed by atoms with E-state index in [0.29, 0.717) is 36.2 Å². The summed E-state index contributed by atoms with van der Waals surface area (Å²) >= 11 is 4.39. The topological polar surface area (TPSA) is 161 Å². The SMILES string of the molecule is COC(=O)[C@H](CCCN=C(N)Nc1ccccc1)NC(=O)c1sccc1NS(=O)(=O)c1cc(Br)cc2c1OCC2. The van der Waals surface area contributed by atoms with Gasteiger partial charge in [0.15, 0.2) is 5.96 Å². The molecule has 0 fully saturated rings. The minimum absolute atomic E-state index is 0.0269. The Morgan fingerprint density at radius 3 is 2.75 bits per heavy atom. The first-order valence-corrected chi connectivity index (χ1v) is 15.4. The normalized spacial score (nSPS) is 13.6. The predicted octanol–water partition coefficient (Wildman–Crippen LogP) is 3.72. The number of methoxy groups -OCH3 is 1. The monoisotopic (exact) mass is 649 g/mol. The Labute approximate surface area is 244 Å². The van der Waals surface area contributed by atoms with Crippen LogP contribution >= 0.6 is 27.3 Å². The van der Waals surface area contributed by atoms with Crippen LogP contribution in [0.5, 0.6) is 5.75 Å². The van der Waals surface area contributed by atoms with E-state index >= 15 is 0 Å². The third-order valence-corrected chi connectivity index (χ3v) is 8.63. The highest BCUT2D eigenvalue weighted by Crippen LogP contribution is 2.37. The van der Waals surface area contributed by atoms with Crippen LogP contribution in [0.2, 0.25) is 0 Å². The molecule has 1 aliphatic heterocycles. The minimum Gasteiger partial charge on any atom is -0.492 e. The highest BCUT2D eigenvalue weighted by Gasteiger charge is 2.29. The van der Waals surface area contributed by atoms with E-state index in [1.54, 1.807) is 5.38 Å². The number of fused-ring (bicyclic) bond motifs is 1. The number of thiophene rings is 1. The number of nitrogens with two attached hydrogens (primary N) is 1. The molecule has 11 nitrogen and oxygen atoms in total. The molecule has 0 saturated carbocycles. The average molecular weight is 651 g/mol. The van der Waals surface area contributed by atoms with E-state index in [9.17, 15) is 18.0 Å². The fourth-order valence-electron chi connectivity index (χ4n) is 4.02. The number of ether oxygens (including phenoxy) is 2. The van der Waals surface area contributed by atoms with Crippen LogP contribution < -0.4 is 25.8 Å². The molecule has 5 N–H and O–H groups in total. The van der Waals surface area contributed by atoms with Gasteiger partial charge in [0.25, 0.3) is 15.9 Å². The maximum Gasteiger partial charge on any atom is 0.328 e. The molecule has 0 saturated heterocycles. The van der Waals surface area contributed by atoms with Crippen LogP contribution in [0, 0.1) is 0 Å². The fourth-order valence-corrected chi connectivity index (χ4v) is 6.78. The quantitative estimate of drug-likeness (QED) is 0.106. The molecule has 4 rings (SSSR count). The van der Waals surface area contributed by atoms with Crippen molar-refractivity contribution in [1.29, 1.82) is 0 Å². The molecule has 0 aliphatic carbocycles. The standard InChI is InChI=1S/C26H28BrN5O6S2/c1-37-25(34)20(8-5-11-29-26(28)30-18-6-3-2-4-7-18)31-24(33)23-19(10-13-39-23)32-40(35,36)21-15-17(27)14-16-9-12-38-22(16)21/h2-4,6-7,10,13-15,20,32H,5,8-9,11-12H2,1H3,(H,31,33)(H3,28,29,30)/t20-/m0/s1. The summed E-state index contributed by atoms with van der Waals surface area (Å²) in [5, 5.41) is 7.20. The van der Waals surface area contributed by atoms with Crippen LogP contribution in [0.25, 0.3) is 0 Å². The molecule has 1 atom stereocenters. The lowest BCUT2D eigenvalue weighted by Crippen LogP contribution is -2.41. The van der Waals surface area contributed by atoms with Crippen LogP contribution in [-0.2, 0) is 26.0 Å². The first-order chi connectivity index (χ1) is 19.2. The van der Waals surface area contributed by atoms with Gasteiger partial charge >= 0.3 is 5.97 Å². The van der Waals surface area contributed by atoms with Crippen molar-refractivity contribution < 1.29 is 27.5 Å². The highest BCUT2D eigenvalue weighted by atomic mass is 79.9. The van der Waals surface area contributed by atoms with Gasteiger partial charge in [-0.1, -0.05) is 34.1 Å². The summed E-state index contributed by atoms with van der Waals surface area (Å²) in [6.45, 7) is 0.689. The number of sulfonamides is 1. The summed E-state index contributed by atoms with van der Waals surface area (Å²) in [7, 11) is -2.86. The van der Waals surface area contributed by atoms with Gasteiger partial charge in [0.1, 0.15) is 21.6 Å². The van der Waals surface area contributed by atoms with Gasteiger partial charge in [0, 0.05) is 28.7 Å². The molecule has 1 amide bonds. The molecule has 40 heavy (non-hydrogen) atoms. The molecule has 0 unspecified atom stereocenters. The summed E-state index contributed by atoms with van der Waals surface area (Å²) in [6.07, 6.45) is 1.25.